The van der Waals surface area contributed by atoms with E-state index in [1.54, 1.807) is 7.11 Å². The molecule has 8 nitrogen and oxygen atoms in total. The van der Waals surface area contributed by atoms with Gasteiger partial charge in [0.25, 0.3) is 10.1 Å². The van der Waals surface area contributed by atoms with E-state index < -0.39 is 22.0 Å². The molecule has 0 spiro atoms. The summed E-state index contributed by atoms with van der Waals surface area (Å²) in [7, 11) is -2.09. The summed E-state index contributed by atoms with van der Waals surface area (Å²) < 4.78 is 60.2. The average molecular weight is 755 g/mol. The summed E-state index contributed by atoms with van der Waals surface area (Å²) in [6.45, 7) is 7.84. The summed E-state index contributed by atoms with van der Waals surface area (Å²) in [5.74, 6) is -0.648. The van der Waals surface area contributed by atoms with Crippen molar-refractivity contribution in [3.05, 3.63) is 35.9 Å². The van der Waals surface area contributed by atoms with Crippen molar-refractivity contribution in [2.45, 2.75) is 212 Å². The number of hydrogen-bond acceptors (Lipinski definition) is 8. The Kier molecular flexibility index (Phi) is 26.5. The number of hydrogen-bond donors (Lipinski definition) is 0. The van der Waals surface area contributed by atoms with E-state index in [9.17, 15) is 8.42 Å². The highest BCUT2D eigenvalue weighted by molar-refractivity contribution is 7.86. The molecule has 0 aliphatic carbocycles. The predicted molar refractivity (Wildman–Crippen MR) is 213 cm³/mol. The van der Waals surface area contributed by atoms with Crippen LogP contribution in [0.1, 0.15) is 180 Å². The minimum absolute atomic E-state index is 0.000199. The van der Waals surface area contributed by atoms with Gasteiger partial charge in [0.2, 0.25) is 0 Å². The van der Waals surface area contributed by atoms with Crippen LogP contribution in [0.25, 0.3) is 0 Å². The summed E-state index contributed by atoms with van der Waals surface area (Å²) >= 11 is 0. The van der Waals surface area contributed by atoms with Gasteiger partial charge in [-0.2, -0.15) is 8.42 Å². The lowest BCUT2D eigenvalue weighted by molar-refractivity contribution is -0.148. The molecule has 0 bridgehead atoms. The van der Waals surface area contributed by atoms with Crippen LogP contribution in [-0.4, -0.2) is 65.4 Å². The van der Waals surface area contributed by atoms with Gasteiger partial charge in [-0.05, 0) is 51.5 Å². The largest absolute Gasteiger partial charge is 0.377 e. The molecular formula is C43H78O8S. The molecule has 9 heteroatoms. The number of benzene rings is 1. The quantitative estimate of drug-likeness (QED) is 0.0384. The van der Waals surface area contributed by atoms with E-state index in [4.69, 9.17) is 27.9 Å². The number of rotatable bonds is 35. The summed E-state index contributed by atoms with van der Waals surface area (Å²) in [6, 6.07) is 10.4. The molecule has 1 fully saturated rings. The van der Waals surface area contributed by atoms with E-state index in [2.05, 4.69) is 31.2 Å². The first-order valence-electron chi connectivity index (χ1n) is 21.1. The Morgan fingerprint density at radius 2 is 1.19 bits per heavy atom. The van der Waals surface area contributed by atoms with Crippen LogP contribution in [0.3, 0.4) is 0 Å². The van der Waals surface area contributed by atoms with E-state index in [-0.39, 0.29) is 25.1 Å². The monoisotopic (exact) mass is 755 g/mol. The van der Waals surface area contributed by atoms with E-state index in [1.165, 1.54) is 108 Å². The molecule has 1 aliphatic rings. The highest BCUT2D eigenvalue weighted by Crippen LogP contribution is 2.34. The first-order valence-corrected chi connectivity index (χ1v) is 22.9. The molecule has 1 aromatic carbocycles. The molecule has 0 N–H and O–H groups in total. The topological polar surface area (TPSA) is 89.5 Å². The second-order valence-corrected chi connectivity index (χ2v) is 17.2. The van der Waals surface area contributed by atoms with Gasteiger partial charge in [-0.3, -0.25) is 4.18 Å². The normalized spacial score (nSPS) is 18.6. The minimum Gasteiger partial charge on any atom is -0.377 e. The summed E-state index contributed by atoms with van der Waals surface area (Å²) in [6.07, 6.45) is 27.8. The molecule has 1 saturated heterocycles. The third-order valence-electron chi connectivity index (χ3n) is 10.1. The van der Waals surface area contributed by atoms with Gasteiger partial charge in [0.15, 0.2) is 5.79 Å². The molecule has 1 aromatic rings. The Labute approximate surface area is 319 Å². The second kappa shape index (κ2) is 29.2. The van der Waals surface area contributed by atoms with Gasteiger partial charge < -0.3 is 23.7 Å². The fourth-order valence-electron chi connectivity index (χ4n) is 7.34. The molecular weight excluding hydrogens is 677 g/mol. The molecule has 0 aromatic heterocycles. The van der Waals surface area contributed by atoms with Crippen molar-refractivity contribution in [3.63, 3.8) is 0 Å². The average Bonchev–Trinajstić information content (AvgIpc) is 3.41. The van der Waals surface area contributed by atoms with Gasteiger partial charge in [-0.25, -0.2) is 0 Å². The van der Waals surface area contributed by atoms with Crippen molar-refractivity contribution in [2.75, 3.05) is 26.8 Å². The molecule has 2 rings (SSSR count). The Morgan fingerprint density at radius 1 is 0.673 bits per heavy atom. The molecule has 4 atom stereocenters. The third kappa shape index (κ3) is 24.4. The Morgan fingerprint density at radius 3 is 1.75 bits per heavy atom. The van der Waals surface area contributed by atoms with E-state index in [1.807, 2.05) is 19.9 Å². The fraction of sp³-hybridized carbons (Fsp3) is 0.860. The highest BCUT2D eigenvalue weighted by Gasteiger charge is 2.41. The van der Waals surface area contributed by atoms with Crippen molar-refractivity contribution in [3.8, 4) is 0 Å². The lowest BCUT2D eigenvalue weighted by atomic mass is 9.96. The van der Waals surface area contributed by atoms with Crippen LogP contribution in [0.15, 0.2) is 30.3 Å². The SMILES string of the molecule is CCCCCCCCCCCC[C@H]1OC(C)(C)O[C@@H]1CC[C@H](OS(C)(=O)=O)[C@@H](CCCCCCCCCCCCOCc1ccccc1)OCOC. The molecule has 1 heterocycles. The summed E-state index contributed by atoms with van der Waals surface area (Å²) in [4.78, 5) is 0. The van der Waals surface area contributed by atoms with Gasteiger partial charge in [0.1, 0.15) is 12.9 Å². The van der Waals surface area contributed by atoms with Crippen molar-refractivity contribution >= 4 is 10.1 Å². The van der Waals surface area contributed by atoms with Crippen molar-refractivity contribution in [2.24, 2.45) is 0 Å². The molecule has 0 amide bonds. The van der Waals surface area contributed by atoms with E-state index in [0.29, 0.717) is 19.4 Å². The fourth-order valence-corrected chi connectivity index (χ4v) is 8.01. The van der Waals surface area contributed by atoms with Crippen molar-refractivity contribution in [1.29, 1.82) is 0 Å². The van der Waals surface area contributed by atoms with Gasteiger partial charge in [-0.1, -0.05) is 159 Å². The van der Waals surface area contributed by atoms with Crippen LogP contribution < -0.4 is 0 Å². The maximum atomic E-state index is 12.4. The van der Waals surface area contributed by atoms with Gasteiger partial charge in [-0.15, -0.1) is 0 Å². The zero-order valence-electron chi connectivity index (χ0n) is 34.0. The lowest BCUT2D eigenvalue weighted by Gasteiger charge is -2.28. The Balaban J connectivity index is 1.68. The standard InChI is InChI=1S/C43H78O8S/c1-6-7-8-9-10-11-14-18-21-27-32-40-41(50-43(2,3)49-40)33-34-42(51-52(5,44)45)39(48-37-46-4)31-26-20-17-15-12-13-16-19-22-28-35-47-36-38-29-24-23-25-30-38/h23-25,29-30,39-42H,6-22,26-28,31-37H2,1-5H3/t39-,40-,41-,42+/m1/s1. The van der Waals surface area contributed by atoms with Crippen LogP contribution >= 0.6 is 0 Å². The molecule has 0 radical (unpaired) electrons. The zero-order valence-corrected chi connectivity index (χ0v) is 34.8. The number of methoxy groups -OCH3 is 1. The Bertz CT molecular complexity index is 1070. The van der Waals surface area contributed by atoms with Crippen LogP contribution in [0.4, 0.5) is 0 Å². The van der Waals surface area contributed by atoms with Crippen molar-refractivity contribution in [1.82, 2.24) is 0 Å². The smallest absolute Gasteiger partial charge is 0.264 e. The zero-order chi connectivity index (χ0) is 37.8. The molecule has 52 heavy (non-hydrogen) atoms. The Hall–Kier alpha value is -1.07. The van der Waals surface area contributed by atoms with Gasteiger partial charge >= 0.3 is 0 Å². The summed E-state index contributed by atoms with van der Waals surface area (Å²) in [5, 5.41) is 0. The molecule has 1 aliphatic heterocycles. The van der Waals surface area contributed by atoms with Crippen LogP contribution in [0.5, 0.6) is 0 Å². The number of unbranched alkanes of at least 4 members (excludes halogenated alkanes) is 18. The van der Waals surface area contributed by atoms with Gasteiger partial charge in [0, 0.05) is 13.7 Å². The predicted octanol–water partition coefficient (Wildman–Crippen LogP) is 11.4. The van der Waals surface area contributed by atoms with Crippen LogP contribution in [-0.2, 0) is 44.6 Å². The van der Waals surface area contributed by atoms with E-state index in [0.717, 1.165) is 51.4 Å². The highest BCUT2D eigenvalue weighted by atomic mass is 32.2. The molecule has 0 saturated carbocycles. The summed E-state index contributed by atoms with van der Waals surface area (Å²) in [5.41, 5.74) is 1.24. The maximum Gasteiger partial charge on any atom is 0.264 e. The number of ether oxygens (including phenoxy) is 5. The van der Waals surface area contributed by atoms with E-state index >= 15 is 0 Å². The second-order valence-electron chi connectivity index (χ2n) is 15.6. The van der Waals surface area contributed by atoms with Crippen LogP contribution in [0, 0.1) is 0 Å². The molecule has 304 valence electrons. The first-order chi connectivity index (χ1) is 25.1. The third-order valence-corrected chi connectivity index (χ3v) is 10.7. The molecule has 0 unspecified atom stereocenters. The maximum absolute atomic E-state index is 12.4. The van der Waals surface area contributed by atoms with Gasteiger partial charge in [0.05, 0.1) is 31.2 Å². The minimum atomic E-state index is -3.68. The first kappa shape index (κ1) is 47.1. The van der Waals surface area contributed by atoms with Crippen LogP contribution in [0.2, 0.25) is 0 Å². The lowest BCUT2D eigenvalue weighted by Crippen LogP contribution is -2.36. The van der Waals surface area contributed by atoms with Crippen molar-refractivity contribution < 1.29 is 36.3 Å².